The second-order valence-electron chi connectivity index (χ2n) is 8.36. The Morgan fingerprint density at radius 3 is 2.29 bits per heavy atom. The number of halogens is 3. The van der Waals surface area contributed by atoms with E-state index in [1.807, 2.05) is 6.07 Å². The van der Waals surface area contributed by atoms with E-state index in [4.69, 9.17) is 0 Å². The lowest BCUT2D eigenvalue weighted by Gasteiger charge is -2.36. The number of anilines is 1. The normalized spacial score (nSPS) is 21.1. The molecule has 1 atom stereocenters. The molecule has 0 bridgehead atoms. The van der Waals surface area contributed by atoms with Gasteiger partial charge in [-0.3, -0.25) is 14.5 Å². The molecule has 2 fully saturated rings. The Balaban J connectivity index is 1.40. The van der Waals surface area contributed by atoms with Crippen molar-refractivity contribution in [2.75, 3.05) is 37.6 Å². The van der Waals surface area contributed by atoms with Crippen molar-refractivity contribution in [3.05, 3.63) is 65.7 Å². The van der Waals surface area contributed by atoms with Gasteiger partial charge in [-0.15, -0.1) is 0 Å². The number of carbonyl (C=O) groups is 3. The maximum atomic E-state index is 13.2. The van der Waals surface area contributed by atoms with Crippen LogP contribution in [0.15, 0.2) is 54.6 Å². The summed E-state index contributed by atoms with van der Waals surface area (Å²) in [5.74, 6) is -0.852. The van der Waals surface area contributed by atoms with Gasteiger partial charge in [0.1, 0.15) is 12.1 Å². The molecule has 2 aromatic carbocycles. The highest BCUT2D eigenvalue weighted by Crippen LogP contribution is 2.33. The summed E-state index contributed by atoms with van der Waals surface area (Å²) in [5, 5.41) is 2.75. The Morgan fingerprint density at radius 2 is 1.68 bits per heavy atom. The summed E-state index contributed by atoms with van der Waals surface area (Å²) in [6, 6.07) is 13.4. The number of alkyl halides is 3. The van der Waals surface area contributed by atoms with Crippen LogP contribution in [-0.4, -0.2) is 60.4 Å². The predicted octanol–water partition coefficient (Wildman–Crippen LogP) is 3.21. The number of amides is 4. The van der Waals surface area contributed by atoms with Crippen LogP contribution < -0.4 is 10.2 Å². The molecule has 4 rings (SSSR count). The summed E-state index contributed by atoms with van der Waals surface area (Å²) < 4.78 is 39.0. The van der Waals surface area contributed by atoms with E-state index in [9.17, 15) is 27.6 Å². The number of imide groups is 1. The van der Waals surface area contributed by atoms with Gasteiger partial charge in [0, 0.05) is 31.9 Å². The fraction of sp³-hybridized carbons (Fsp3) is 0.375. The van der Waals surface area contributed by atoms with Crippen molar-refractivity contribution >= 4 is 23.5 Å². The summed E-state index contributed by atoms with van der Waals surface area (Å²) in [5.41, 5.74) is -0.840. The molecule has 0 unspecified atom stereocenters. The van der Waals surface area contributed by atoms with Gasteiger partial charge in [-0.1, -0.05) is 43.3 Å². The van der Waals surface area contributed by atoms with Crippen molar-refractivity contribution in [3.8, 4) is 0 Å². The van der Waals surface area contributed by atoms with E-state index in [1.165, 1.54) is 11.0 Å². The van der Waals surface area contributed by atoms with Crippen LogP contribution in [0.25, 0.3) is 0 Å². The molecule has 1 N–H and O–H groups in total. The first-order valence-electron chi connectivity index (χ1n) is 11.1. The minimum absolute atomic E-state index is 0.274. The van der Waals surface area contributed by atoms with Gasteiger partial charge in [0.05, 0.1) is 5.56 Å². The Kier molecular flexibility index (Phi) is 6.24. The lowest BCUT2D eigenvalue weighted by atomic mass is 9.87. The summed E-state index contributed by atoms with van der Waals surface area (Å²) in [4.78, 5) is 43.0. The second-order valence-corrected chi connectivity index (χ2v) is 8.36. The molecule has 0 aromatic heterocycles. The van der Waals surface area contributed by atoms with Crippen LogP contribution in [0.4, 0.5) is 23.7 Å². The van der Waals surface area contributed by atoms with E-state index in [2.05, 4.69) is 5.32 Å². The average molecular weight is 474 g/mol. The largest absolute Gasteiger partial charge is 0.416 e. The topological polar surface area (TPSA) is 73.0 Å². The van der Waals surface area contributed by atoms with E-state index in [0.717, 1.165) is 17.0 Å². The summed E-state index contributed by atoms with van der Waals surface area (Å²) >= 11 is 0. The van der Waals surface area contributed by atoms with Crippen LogP contribution in [0.3, 0.4) is 0 Å². The zero-order chi connectivity index (χ0) is 24.5. The van der Waals surface area contributed by atoms with E-state index in [-0.39, 0.29) is 25.5 Å². The number of rotatable bonds is 5. The van der Waals surface area contributed by atoms with Crippen LogP contribution in [0.2, 0.25) is 0 Å². The minimum Gasteiger partial charge on any atom is -0.368 e. The maximum absolute atomic E-state index is 13.2. The van der Waals surface area contributed by atoms with Gasteiger partial charge in [-0.05, 0) is 30.2 Å². The zero-order valence-electron chi connectivity index (χ0n) is 18.6. The molecule has 180 valence electrons. The first-order chi connectivity index (χ1) is 16.2. The van der Waals surface area contributed by atoms with Gasteiger partial charge in [-0.25, -0.2) is 4.79 Å². The Hall–Kier alpha value is -3.56. The average Bonchev–Trinajstić information content (AvgIpc) is 3.09. The standard InChI is InChI=1S/C24H25F3N4O3/c1-2-23(17-7-4-3-5-8-17)21(33)31(22(34)28-23)16-20(32)30-13-11-29(12-14-30)19-10-6-9-18(15-19)24(25,26)27/h3-10,15H,2,11-14,16H2,1H3,(H,28,34)/t23-/m1/s1. The number of benzene rings is 2. The second kappa shape index (κ2) is 9.00. The fourth-order valence-electron chi connectivity index (χ4n) is 4.46. The molecule has 4 amide bonds. The molecule has 2 aromatic rings. The van der Waals surface area contributed by atoms with Crippen LogP contribution in [0.1, 0.15) is 24.5 Å². The SMILES string of the molecule is CC[C@]1(c2ccccc2)NC(=O)N(CC(=O)N2CCN(c3cccc(C(F)(F)F)c3)CC2)C1=O. The summed E-state index contributed by atoms with van der Waals surface area (Å²) in [6.45, 7) is 2.64. The molecule has 2 heterocycles. The lowest BCUT2D eigenvalue weighted by molar-refractivity contribution is -0.139. The molecule has 0 aliphatic carbocycles. The number of piperazine rings is 1. The van der Waals surface area contributed by atoms with Gasteiger partial charge in [-0.2, -0.15) is 13.2 Å². The van der Waals surface area contributed by atoms with Gasteiger partial charge >= 0.3 is 12.2 Å². The predicted molar refractivity (Wildman–Crippen MR) is 119 cm³/mol. The van der Waals surface area contributed by atoms with Gasteiger partial charge in [0.25, 0.3) is 5.91 Å². The lowest BCUT2D eigenvalue weighted by Crippen LogP contribution is -2.52. The summed E-state index contributed by atoms with van der Waals surface area (Å²) in [6.07, 6.45) is -4.09. The van der Waals surface area contributed by atoms with E-state index in [1.54, 1.807) is 42.2 Å². The molecule has 10 heteroatoms. The third-order valence-electron chi connectivity index (χ3n) is 6.44. The van der Waals surface area contributed by atoms with Crippen molar-refractivity contribution in [2.24, 2.45) is 0 Å². The Bertz CT molecular complexity index is 1080. The van der Waals surface area contributed by atoms with Crippen LogP contribution in [0, 0.1) is 0 Å². The van der Waals surface area contributed by atoms with Crippen molar-refractivity contribution in [2.45, 2.75) is 25.1 Å². The number of nitrogens with one attached hydrogen (secondary N) is 1. The van der Waals surface area contributed by atoms with Crippen LogP contribution in [-0.2, 0) is 21.3 Å². The molecule has 7 nitrogen and oxygen atoms in total. The zero-order valence-corrected chi connectivity index (χ0v) is 18.6. The van der Waals surface area contributed by atoms with Crippen LogP contribution in [0.5, 0.6) is 0 Å². The van der Waals surface area contributed by atoms with Crippen molar-refractivity contribution in [1.82, 2.24) is 15.1 Å². The van der Waals surface area contributed by atoms with Crippen molar-refractivity contribution < 1.29 is 27.6 Å². The van der Waals surface area contributed by atoms with Gasteiger partial charge in [0.2, 0.25) is 5.91 Å². The molecule has 34 heavy (non-hydrogen) atoms. The highest BCUT2D eigenvalue weighted by molar-refractivity contribution is 6.09. The van der Waals surface area contributed by atoms with Gasteiger partial charge < -0.3 is 15.1 Å². The number of carbonyl (C=O) groups excluding carboxylic acids is 3. The molecule has 0 spiro atoms. The number of nitrogens with zero attached hydrogens (tertiary/aromatic N) is 3. The first kappa shape index (κ1) is 23.6. The Labute approximate surface area is 195 Å². The maximum Gasteiger partial charge on any atom is 0.416 e. The fourth-order valence-corrected chi connectivity index (χ4v) is 4.46. The molecule has 0 saturated carbocycles. The molecule has 2 aliphatic rings. The minimum atomic E-state index is -4.43. The number of urea groups is 1. The van der Waals surface area contributed by atoms with E-state index < -0.39 is 29.2 Å². The van der Waals surface area contributed by atoms with Gasteiger partial charge in [0.15, 0.2) is 0 Å². The molecule has 2 saturated heterocycles. The van der Waals surface area contributed by atoms with Crippen LogP contribution >= 0.6 is 0 Å². The molecular formula is C24H25F3N4O3. The van der Waals surface area contributed by atoms with E-state index in [0.29, 0.717) is 30.8 Å². The summed E-state index contributed by atoms with van der Waals surface area (Å²) in [7, 11) is 0. The quantitative estimate of drug-likeness (QED) is 0.676. The Morgan fingerprint density at radius 1 is 1.00 bits per heavy atom. The third-order valence-corrected chi connectivity index (χ3v) is 6.44. The number of hydrogen-bond donors (Lipinski definition) is 1. The monoisotopic (exact) mass is 474 g/mol. The van der Waals surface area contributed by atoms with Crippen molar-refractivity contribution in [1.29, 1.82) is 0 Å². The van der Waals surface area contributed by atoms with E-state index >= 15 is 0 Å². The molecule has 0 radical (unpaired) electrons. The highest BCUT2D eigenvalue weighted by atomic mass is 19.4. The molecule has 2 aliphatic heterocycles. The van der Waals surface area contributed by atoms with Crippen molar-refractivity contribution in [3.63, 3.8) is 0 Å². The third kappa shape index (κ3) is 4.32. The first-order valence-corrected chi connectivity index (χ1v) is 11.1. The molecular weight excluding hydrogens is 449 g/mol. The number of hydrogen-bond acceptors (Lipinski definition) is 4. The smallest absolute Gasteiger partial charge is 0.368 e. The highest BCUT2D eigenvalue weighted by Gasteiger charge is 2.51.